The summed E-state index contributed by atoms with van der Waals surface area (Å²) >= 11 is 0. The van der Waals surface area contributed by atoms with Crippen LogP contribution in [0.3, 0.4) is 0 Å². The average molecular weight is 246 g/mol. The van der Waals surface area contributed by atoms with Crippen LogP contribution in [-0.2, 0) is 0 Å². The molecule has 0 bridgehead atoms. The summed E-state index contributed by atoms with van der Waals surface area (Å²) in [6, 6.07) is 8.09. The van der Waals surface area contributed by atoms with Crippen LogP contribution in [0.1, 0.15) is 33.3 Å². The van der Waals surface area contributed by atoms with E-state index in [-0.39, 0.29) is 5.41 Å². The lowest BCUT2D eigenvalue weighted by molar-refractivity contribution is 0.329. The topological polar surface area (TPSA) is 36.3 Å². The molecule has 0 amide bonds. The third kappa shape index (κ3) is 2.95. The van der Waals surface area contributed by atoms with E-state index in [1.807, 2.05) is 19.2 Å². The lowest BCUT2D eigenvalue weighted by Crippen LogP contribution is -2.39. The zero-order chi connectivity index (χ0) is 13.9. The van der Waals surface area contributed by atoms with Crippen LogP contribution in [0.5, 0.6) is 5.75 Å². The van der Waals surface area contributed by atoms with Gasteiger partial charge in [0.25, 0.3) is 0 Å². The zero-order valence-electron chi connectivity index (χ0n) is 12.1. The van der Waals surface area contributed by atoms with Crippen LogP contribution in [-0.4, -0.2) is 20.2 Å². The lowest BCUT2D eigenvalue weighted by Gasteiger charge is -2.37. The third-order valence-electron chi connectivity index (χ3n) is 3.54. The molecule has 1 atom stereocenters. The number of methoxy groups -OCH3 is 1. The first-order valence-corrected chi connectivity index (χ1v) is 6.12. The third-order valence-corrected chi connectivity index (χ3v) is 3.54. The Hall–Kier alpha value is -1.69. The van der Waals surface area contributed by atoms with E-state index in [0.717, 1.165) is 11.4 Å². The second-order valence-corrected chi connectivity index (χ2v) is 5.65. The molecule has 0 radical (unpaired) electrons. The summed E-state index contributed by atoms with van der Waals surface area (Å²) in [5.41, 5.74) is 1.73. The fourth-order valence-electron chi connectivity index (χ4n) is 1.81. The minimum Gasteiger partial charge on any atom is -0.497 e. The van der Waals surface area contributed by atoms with Gasteiger partial charge in [-0.3, -0.25) is 0 Å². The molecule has 0 heterocycles. The first-order chi connectivity index (χ1) is 8.31. The van der Waals surface area contributed by atoms with Gasteiger partial charge in [-0.25, -0.2) is 0 Å². The predicted octanol–water partition coefficient (Wildman–Crippen LogP) is 3.44. The van der Waals surface area contributed by atoms with Gasteiger partial charge in [-0.05, 0) is 24.5 Å². The summed E-state index contributed by atoms with van der Waals surface area (Å²) in [6.45, 7) is 8.75. The molecule has 0 aliphatic heterocycles. The Labute approximate surface area is 110 Å². The maximum atomic E-state index is 9.20. The van der Waals surface area contributed by atoms with Crippen molar-refractivity contribution in [3.63, 3.8) is 0 Å². The summed E-state index contributed by atoms with van der Waals surface area (Å²) in [6.07, 6.45) is 0. The molecule has 0 saturated heterocycles. The number of anilines is 1. The molecule has 1 aromatic carbocycles. The van der Waals surface area contributed by atoms with E-state index >= 15 is 0 Å². The average Bonchev–Trinajstić information content (AvgIpc) is 2.35. The van der Waals surface area contributed by atoms with Crippen molar-refractivity contribution in [2.75, 3.05) is 19.1 Å². The molecular weight excluding hydrogens is 224 g/mol. The number of nitriles is 1. The molecule has 0 aromatic heterocycles. The van der Waals surface area contributed by atoms with Crippen molar-refractivity contribution >= 4 is 5.69 Å². The highest BCUT2D eigenvalue weighted by Crippen LogP contribution is 2.31. The molecule has 0 aliphatic carbocycles. The first kappa shape index (κ1) is 14.4. The monoisotopic (exact) mass is 246 g/mol. The predicted molar refractivity (Wildman–Crippen MR) is 75.0 cm³/mol. The van der Waals surface area contributed by atoms with Gasteiger partial charge in [0, 0.05) is 19.2 Å². The number of benzene rings is 1. The van der Waals surface area contributed by atoms with E-state index < -0.39 is 0 Å². The number of nitrogens with zero attached hydrogens (tertiary/aromatic N) is 2. The molecule has 1 unspecified atom stereocenters. The molecule has 18 heavy (non-hydrogen) atoms. The molecule has 3 nitrogen and oxygen atoms in total. The van der Waals surface area contributed by atoms with Gasteiger partial charge in [-0.15, -0.1) is 0 Å². The van der Waals surface area contributed by atoms with Crippen LogP contribution < -0.4 is 9.64 Å². The zero-order valence-corrected chi connectivity index (χ0v) is 12.1. The van der Waals surface area contributed by atoms with E-state index in [0.29, 0.717) is 11.6 Å². The fraction of sp³-hybridized carbons (Fsp3) is 0.533. The van der Waals surface area contributed by atoms with Crippen LogP contribution >= 0.6 is 0 Å². The Kier molecular flexibility index (Phi) is 4.24. The van der Waals surface area contributed by atoms with Crippen molar-refractivity contribution in [3.05, 3.63) is 23.8 Å². The van der Waals surface area contributed by atoms with Crippen LogP contribution in [0.15, 0.2) is 18.2 Å². The normalized spacial score (nSPS) is 12.7. The highest BCUT2D eigenvalue weighted by atomic mass is 16.5. The van der Waals surface area contributed by atoms with Crippen molar-refractivity contribution in [1.29, 1.82) is 5.26 Å². The Morgan fingerprint density at radius 2 is 1.94 bits per heavy atom. The molecule has 0 spiro atoms. The highest BCUT2D eigenvalue weighted by Gasteiger charge is 2.25. The maximum Gasteiger partial charge on any atom is 0.121 e. The molecule has 3 heteroatoms. The fourth-order valence-corrected chi connectivity index (χ4v) is 1.81. The maximum absolute atomic E-state index is 9.20. The van der Waals surface area contributed by atoms with Crippen molar-refractivity contribution in [1.82, 2.24) is 0 Å². The number of ether oxygens (including phenoxy) is 1. The van der Waals surface area contributed by atoms with E-state index in [2.05, 4.69) is 38.7 Å². The number of hydrogen-bond donors (Lipinski definition) is 0. The molecule has 1 aromatic rings. The molecule has 0 fully saturated rings. The summed E-state index contributed by atoms with van der Waals surface area (Å²) in [5.74, 6) is 0.775. The Morgan fingerprint density at radius 3 is 2.39 bits per heavy atom. The van der Waals surface area contributed by atoms with E-state index in [1.54, 1.807) is 13.2 Å². The Morgan fingerprint density at radius 1 is 1.33 bits per heavy atom. The van der Waals surface area contributed by atoms with Crippen LogP contribution in [0.25, 0.3) is 0 Å². The standard InChI is InChI=1S/C15H22N2O/c1-11(15(2,3)4)17(5)14-9-13(18-6)8-7-12(14)10-16/h7-9,11H,1-6H3. The van der Waals surface area contributed by atoms with Gasteiger partial charge >= 0.3 is 0 Å². The lowest BCUT2D eigenvalue weighted by atomic mass is 9.86. The molecular formula is C15H22N2O. The first-order valence-electron chi connectivity index (χ1n) is 6.12. The second kappa shape index (κ2) is 5.30. The SMILES string of the molecule is COc1ccc(C#N)c(N(C)C(C)C(C)(C)C)c1. The minimum absolute atomic E-state index is 0.143. The molecule has 98 valence electrons. The largest absolute Gasteiger partial charge is 0.497 e. The van der Waals surface area contributed by atoms with Gasteiger partial charge < -0.3 is 9.64 Å². The summed E-state index contributed by atoms with van der Waals surface area (Å²) in [5, 5.41) is 9.20. The van der Waals surface area contributed by atoms with Crippen molar-refractivity contribution in [3.8, 4) is 11.8 Å². The van der Waals surface area contributed by atoms with Gasteiger partial charge in [-0.2, -0.15) is 5.26 Å². The summed E-state index contributed by atoms with van der Waals surface area (Å²) < 4.78 is 5.23. The van der Waals surface area contributed by atoms with Gasteiger partial charge in [0.1, 0.15) is 11.8 Å². The Bertz CT molecular complexity index is 455. The van der Waals surface area contributed by atoms with Crippen molar-refractivity contribution in [2.24, 2.45) is 5.41 Å². The smallest absolute Gasteiger partial charge is 0.121 e. The van der Waals surface area contributed by atoms with Crippen molar-refractivity contribution in [2.45, 2.75) is 33.7 Å². The van der Waals surface area contributed by atoms with Crippen LogP contribution in [0, 0.1) is 16.7 Å². The van der Waals surface area contributed by atoms with E-state index in [9.17, 15) is 5.26 Å². The molecule has 1 rings (SSSR count). The van der Waals surface area contributed by atoms with E-state index in [4.69, 9.17) is 4.74 Å². The summed E-state index contributed by atoms with van der Waals surface area (Å²) in [4.78, 5) is 2.14. The van der Waals surface area contributed by atoms with E-state index in [1.165, 1.54) is 0 Å². The van der Waals surface area contributed by atoms with Crippen LogP contribution in [0.4, 0.5) is 5.69 Å². The second-order valence-electron chi connectivity index (χ2n) is 5.65. The number of hydrogen-bond acceptors (Lipinski definition) is 3. The van der Waals surface area contributed by atoms with Crippen molar-refractivity contribution < 1.29 is 4.74 Å². The molecule has 0 saturated carbocycles. The number of rotatable bonds is 3. The summed E-state index contributed by atoms with van der Waals surface area (Å²) in [7, 11) is 3.66. The van der Waals surface area contributed by atoms with Gasteiger partial charge in [-0.1, -0.05) is 20.8 Å². The molecule has 0 aliphatic rings. The van der Waals surface area contributed by atoms with Gasteiger partial charge in [0.2, 0.25) is 0 Å². The minimum atomic E-state index is 0.143. The van der Waals surface area contributed by atoms with Crippen LogP contribution in [0.2, 0.25) is 0 Å². The Balaban J connectivity index is 3.19. The molecule has 0 N–H and O–H groups in total. The quantitative estimate of drug-likeness (QED) is 0.819. The highest BCUT2D eigenvalue weighted by molar-refractivity contribution is 5.62. The van der Waals surface area contributed by atoms with Gasteiger partial charge in [0.05, 0.1) is 18.4 Å². The van der Waals surface area contributed by atoms with Gasteiger partial charge in [0.15, 0.2) is 0 Å².